The summed E-state index contributed by atoms with van der Waals surface area (Å²) in [6.07, 6.45) is -3.76. The number of amides is 2. The summed E-state index contributed by atoms with van der Waals surface area (Å²) in [7, 11) is 2.76. The first-order chi connectivity index (χ1) is 28.6. The molecule has 60 heavy (non-hydrogen) atoms. The number of fused-ring (bicyclic) bond motifs is 2. The van der Waals surface area contributed by atoms with Gasteiger partial charge in [-0.05, 0) is 48.6 Å². The van der Waals surface area contributed by atoms with Gasteiger partial charge < -0.3 is 61.3 Å². The Kier molecular flexibility index (Phi) is 12.7. The number of carbonyl (C=O) groups excluding carboxylic acids is 5. The highest BCUT2D eigenvalue weighted by molar-refractivity contribution is 6.31. The van der Waals surface area contributed by atoms with Gasteiger partial charge in [0.1, 0.15) is 53.3 Å². The molecular formula is C41H46N6O13. The number of pyridine rings is 1. The minimum Gasteiger partial charge on any atom is -0.507 e. The van der Waals surface area contributed by atoms with Crippen molar-refractivity contribution in [3.63, 3.8) is 0 Å². The van der Waals surface area contributed by atoms with Crippen molar-refractivity contribution in [2.45, 2.75) is 75.3 Å². The molecule has 19 heteroatoms. The number of hydrogen-bond acceptors (Lipinski definition) is 16. The number of aldehydes is 1. The lowest BCUT2D eigenvalue weighted by Crippen LogP contribution is -2.68. The molecule has 0 spiro atoms. The van der Waals surface area contributed by atoms with E-state index in [0.717, 1.165) is 17.1 Å². The van der Waals surface area contributed by atoms with Crippen molar-refractivity contribution in [2.24, 2.45) is 10.7 Å². The van der Waals surface area contributed by atoms with Gasteiger partial charge in [0.25, 0.3) is 11.8 Å². The normalized spacial score (nSPS) is 23.1. The van der Waals surface area contributed by atoms with Crippen LogP contribution >= 0.6 is 0 Å². The van der Waals surface area contributed by atoms with Crippen molar-refractivity contribution < 1.29 is 63.7 Å². The number of nitrogens with one attached hydrogen (secondary N) is 1. The Morgan fingerprint density at radius 2 is 1.80 bits per heavy atom. The first-order valence-corrected chi connectivity index (χ1v) is 19.0. The number of benzene rings is 2. The highest BCUT2D eigenvalue weighted by atomic mass is 16.7. The molecular weight excluding hydrogens is 784 g/mol. The van der Waals surface area contributed by atoms with Gasteiger partial charge in [-0.15, -0.1) is 0 Å². The SMILES string of the molecule is CCc1c(OC)cc(O[C@@H]2O[C@H](CO)[C@](O)(C[C@H](CN3C(=O)C=CC3=O)c3ccnc(N)c3)[C@H](O)[C@H]2O)c2c1C(=O)c1cc(CCC=O)c(CNC(N)=NC)c(O)c1C2=O. The van der Waals surface area contributed by atoms with E-state index in [1.165, 1.54) is 44.6 Å². The number of phenols is 1. The van der Waals surface area contributed by atoms with E-state index in [2.05, 4.69) is 15.3 Å². The second-order valence-corrected chi connectivity index (χ2v) is 14.5. The van der Waals surface area contributed by atoms with Crippen LogP contribution in [0.15, 0.2) is 47.6 Å². The molecule has 2 amide bonds. The fraction of sp³-hybridized carbons (Fsp3) is 0.390. The molecule has 0 bridgehead atoms. The van der Waals surface area contributed by atoms with Crippen LogP contribution < -0.4 is 26.3 Å². The molecule has 19 nitrogen and oxygen atoms in total. The van der Waals surface area contributed by atoms with E-state index in [9.17, 15) is 49.5 Å². The number of hydrogen-bond donors (Lipinski definition) is 8. The van der Waals surface area contributed by atoms with Gasteiger partial charge in [0.2, 0.25) is 12.1 Å². The average Bonchev–Trinajstić information content (AvgIpc) is 3.55. The summed E-state index contributed by atoms with van der Waals surface area (Å²) < 4.78 is 17.7. The molecule has 2 aromatic carbocycles. The van der Waals surface area contributed by atoms with E-state index in [-0.39, 0.29) is 83.4 Å². The summed E-state index contributed by atoms with van der Waals surface area (Å²) in [6.45, 7) is 0.358. The Bertz CT molecular complexity index is 2270. The molecule has 3 aliphatic rings. The van der Waals surface area contributed by atoms with Crippen LogP contribution in [0.4, 0.5) is 5.82 Å². The van der Waals surface area contributed by atoms with Crippen LogP contribution in [0, 0.1) is 0 Å². The second kappa shape index (κ2) is 17.5. The number of nitrogens with zero attached hydrogens (tertiary/aromatic N) is 3. The fourth-order valence-electron chi connectivity index (χ4n) is 8.01. The molecule has 0 saturated carbocycles. The van der Waals surface area contributed by atoms with Gasteiger partial charge in [-0.3, -0.25) is 29.1 Å². The van der Waals surface area contributed by atoms with Crippen LogP contribution in [0.1, 0.15) is 79.8 Å². The smallest absolute Gasteiger partial charge is 0.253 e. The topological polar surface area (TPSA) is 307 Å². The van der Waals surface area contributed by atoms with Crippen LogP contribution in [-0.2, 0) is 38.5 Å². The fourth-order valence-corrected chi connectivity index (χ4v) is 8.01. The van der Waals surface area contributed by atoms with Gasteiger partial charge >= 0.3 is 0 Å². The molecule has 1 aromatic heterocycles. The van der Waals surface area contributed by atoms with Crippen LogP contribution in [-0.4, -0.2) is 129 Å². The number of methoxy groups -OCH3 is 1. The van der Waals surface area contributed by atoms with E-state index in [1.807, 2.05) is 0 Å². The second-order valence-electron chi connectivity index (χ2n) is 14.5. The number of imide groups is 1. The summed E-state index contributed by atoms with van der Waals surface area (Å²) in [6, 6.07) is 5.70. The minimum atomic E-state index is -2.46. The van der Waals surface area contributed by atoms with Crippen molar-refractivity contribution >= 4 is 41.4 Å². The quantitative estimate of drug-likeness (QED) is 0.0325. The third-order valence-electron chi connectivity index (χ3n) is 11.1. The van der Waals surface area contributed by atoms with Gasteiger partial charge in [0.15, 0.2) is 11.7 Å². The first kappa shape index (κ1) is 43.3. The minimum absolute atomic E-state index is 0.0181. The molecule has 318 valence electrons. The van der Waals surface area contributed by atoms with Gasteiger partial charge in [0, 0.05) is 79.1 Å². The molecule has 6 atom stereocenters. The maximum absolute atomic E-state index is 14.7. The van der Waals surface area contributed by atoms with Crippen molar-refractivity contribution in [1.82, 2.24) is 15.2 Å². The number of nitrogen functional groups attached to an aromatic ring is 1. The van der Waals surface area contributed by atoms with Crippen LogP contribution in [0.5, 0.6) is 17.2 Å². The van der Waals surface area contributed by atoms with Crippen LogP contribution in [0.2, 0.25) is 0 Å². The molecule has 6 rings (SSSR count). The molecule has 3 aromatic rings. The summed E-state index contributed by atoms with van der Waals surface area (Å²) >= 11 is 0. The average molecular weight is 831 g/mol. The van der Waals surface area contributed by atoms with Gasteiger partial charge in [-0.2, -0.15) is 0 Å². The standard InChI is InChI=1S/C41H46N6O13/c1-4-22-25(58-3)14-26(33-31(22)34(52)23-12-20(6-5-11-48)24(16-46-40(43)44-2)35(53)32(23)36(33)54)59-39-37(55)38(56)41(57,27(18-49)60-39)15-21(19-9-10-45-28(42)13-19)17-47-29(50)7-8-30(47)51/h7-14,21,27,37-39,49,53,55-57H,4-6,15-18H2,1-3H3,(H2,42,45)(H3,43,44,46)/t21-,27-,37-,38-,39-,41-/m1/s1. The third kappa shape index (κ3) is 7.80. The number of nitrogens with two attached hydrogens (primary N) is 2. The van der Waals surface area contributed by atoms with Gasteiger partial charge in [0.05, 0.1) is 24.8 Å². The van der Waals surface area contributed by atoms with E-state index < -0.39 is 78.3 Å². The number of aromatic hydroxyl groups is 1. The maximum Gasteiger partial charge on any atom is 0.253 e. The summed E-state index contributed by atoms with van der Waals surface area (Å²) in [5.41, 5.74) is 9.62. The number of aryl methyl sites for hydroxylation is 1. The number of aliphatic hydroxyl groups is 4. The Labute approximate surface area is 343 Å². The van der Waals surface area contributed by atoms with Crippen molar-refractivity contribution in [1.29, 1.82) is 0 Å². The summed E-state index contributed by atoms with van der Waals surface area (Å²) in [4.78, 5) is 74.4. The number of carbonyl (C=O) groups is 5. The molecule has 1 aliphatic carbocycles. The molecule has 1 saturated heterocycles. The zero-order chi connectivity index (χ0) is 43.6. The number of guanidine groups is 1. The number of ether oxygens (including phenoxy) is 3. The number of aliphatic imine (C=N–C) groups is 1. The number of ketones is 2. The lowest BCUT2D eigenvalue weighted by molar-refractivity contribution is -0.315. The lowest BCUT2D eigenvalue weighted by atomic mass is 9.75. The summed E-state index contributed by atoms with van der Waals surface area (Å²) in [5.74, 6) is -4.43. The number of anilines is 1. The lowest BCUT2D eigenvalue weighted by Gasteiger charge is -2.49. The molecule has 10 N–H and O–H groups in total. The van der Waals surface area contributed by atoms with E-state index >= 15 is 0 Å². The third-order valence-corrected chi connectivity index (χ3v) is 11.1. The van der Waals surface area contributed by atoms with Crippen molar-refractivity contribution in [3.8, 4) is 17.2 Å². The van der Waals surface area contributed by atoms with Gasteiger partial charge in [-0.25, -0.2) is 4.98 Å². The molecule has 0 radical (unpaired) electrons. The van der Waals surface area contributed by atoms with E-state index in [1.54, 1.807) is 6.92 Å². The highest BCUT2D eigenvalue weighted by Crippen LogP contribution is 2.46. The van der Waals surface area contributed by atoms with Crippen LogP contribution in [0.3, 0.4) is 0 Å². The van der Waals surface area contributed by atoms with Crippen LogP contribution in [0.25, 0.3) is 0 Å². The number of rotatable bonds is 15. The molecule has 2 aliphatic heterocycles. The number of phenolic OH excluding ortho intramolecular Hbond substituents is 1. The van der Waals surface area contributed by atoms with E-state index in [0.29, 0.717) is 23.0 Å². The first-order valence-electron chi connectivity index (χ1n) is 19.0. The molecule has 3 heterocycles. The Balaban J connectivity index is 1.39. The zero-order valence-corrected chi connectivity index (χ0v) is 33.0. The molecule has 0 unspecified atom stereocenters. The van der Waals surface area contributed by atoms with Crippen molar-refractivity contribution in [2.75, 3.05) is 33.0 Å². The Morgan fingerprint density at radius 1 is 1.08 bits per heavy atom. The zero-order valence-electron chi connectivity index (χ0n) is 33.0. The largest absolute Gasteiger partial charge is 0.507 e. The van der Waals surface area contributed by atoms with Gasteiger partial charge in [-0.1, -0.05) is 6.92 Å². The molecule has 1 fully saturated rings. The maximum atomic E-state index is 14.7. The van der Waals surface area contributed by atoms with Crippen molar-refractivity contribution in [3.05, 3.63) is 87.1 Å². The number of aliphatic hydroxyl groups excluding tert-OH is 3. The highest BCUT2D eigenvalue weighted by Gasteiger charge is 2.57. The van der Waals surface area contributed by atoms with E-state index in [4.69, 9.17) is 25.7 Å². The predicted octanol–water partition coefficient (Wildman–Crippen LogP) is -0.471. The number of aromatic nitrogens is 1. The monoisotopic (exact) mass is 830 g/mol. The summed E-state index contributed by atoms with van der Waals surface area (Å²) in [5, 5.41) is 60.5. The Morgan fingerprint density at radius 3 is 2.42 bits per heavy atom. The predicted molar refractivity (Wildman–Crippen MR) is 211 cm³/mol. The Hall–Kier alpha value is -6.25.